The predicted octanol–water partition coefficient (Wildman–Crippen LogP) is 3.95. The average molecular weight is 213 g/mol. The summed E-state index contributed by atoms with van der Waals surface area (Å²) in [5, 5.41) is 0. The van der Waals surface area contributed by atoms with E-state index in [0.29, 0.717) is 5.56 Å². The van der Waals surface area contributed by atoms with Crippen molar-refractivity contribution in [2.45, 2.75) is 20.2 Å². The van der Waals surface area contributed by atoms with Crippen LogP contribution in [0.3, 0.4) is 0 Å². The molecule has 0 N–H and O–H groups in total. The van der Waals surface area contributed by atoms with E-state index in [0.717, 1.165) is 11.3 Å². The van der Waals surface area contributed by atoms with Crippen LogP contribution in [0.2, 0.25) is 0 Å². The molecule has 0 spiro atoms. The molecule has 2 aromatic rings. The van der Waals surface area contributed by atoms with Gasteiger partial charge >= 0.3 is 0 Å². The van der Waals surface area contributed by atoms with Gasteiger partial charge in [0.15, 0.2) is 0 Å². The highest BCUT2D eigenvalue weighted by Crippen LogP contribution is 2.17. The van der Waals surface area contributed by atoms with Crippen molar-refractivity contribution in [1.82, 2.24) is 4.98 Å². The number of hydrogen-bond donors (Lipinski definition) is 0. The third-order valence-electron chi connectivity index (χ3n) is 2.29. The Bertz CT molecular complexity index is 504. The van der Waals surface area contributed by atoms with Crippen molar-refractivity contribution in [2.24, 2.45) is 5.92 Å². The summed E-state index contributed by atoms with van der Waals surface area (Å²) in [6.07, 6.45) is 0.310. The molecule has 16 heavy (non-hydrogen) atoms. The van der Waals surface area contributed by atoms with Gasteiger partial charge < -0.3 is 0 Å². The van der Waals surface area contributed by atoms with Crippen LogP contribution in [0.5, 0.6) is 0 Å². The number of hydrogen-bond acceptors (Lipinski definition) is 1. The Labute approximate surface area is 100.0 Å². The molecule has 0 atom stereocenters. The van der Waals surface area contributed by atoms with Crippen LogP contribution in [-0.2, 0) is 6.37 Å². The van der Waals surface area contributed by atoms with Gasteiger partial charge in [-0.3, -0.25) is 4.98 Å². The predicted molar refractivity (Wildman–Crippen MR) is 68.2 cm³/mol. The molecular weight excluding hydrogens is 194 g/mol. The Morgan fingerprint density at radius 1 is 1.12 bits per heavy atom. The SMILES string of the molecule is [2H]C([2H])(c1ccc(-c2ccccc2)nc1)C(C)C. The summed E-state index contributed by atoms with van der Waals surface area (Å²) < 4.78 is 16.0. The lowest BCUT2D eigenvalue weighted by atomic mass is 10.0. The maximum absolute atomic E-state index is 8.02. The van der Waals surface area contributed by atoms with Gasteiger partial charge in [-0.05, 0) is 23.9 Å². The van der Waals surface area contributed by atoms with Crippen molar-refractivity contribution < 1.29 is 2.74 Å². The van der Waals surface area contributed by atoms with Crippen LogP contribution in [-0.4, -0.2) is 4.98 Å². The van der Waals surface area contributed by atoms with Crippen molar-refractivity contribution >= 4 is 0 Å². The van der Waals surface area contributed by atoms with E-state index >= 15 is 0 Å². The first-order valence-electron chi connectivity index (χ1n) is 6.54. The first-order chi connectivity index (χ1) is 8.51. The van der Waals surface area contributed by atoms with Gasteiger partial charge in [-0.15, -0.1) is 0 Å². The van der Waals surface area contributed by atoms with Crippen LogP contribution < -0.4 is 0 Å². The Morgan fingerprint density at radius 3 is 2.44 bits per heavy atom. The summed E-state index contributed by atoms with van der Waals surface area (Å²) in [5.74, 6) is -0.0677. The molecule has 0 saturated carbocycles. The Morgan fingerprint density at radius 2 is 1.88 bits per heavy atom. The summed E-state index contributed by atoms with van der Waals surface area (Å²) in [4.78, 5) is 4.36. The van der Waals surface area contributed by atoms with E-state index in [1.54, 1.807) is 6.20 Å². The summed E-state index contributed by atoms with van der Waals surface area (Å²) in [5.41, 5.74) is 2.56. The number of nitrogens with zero attached hydrogens (tertiary/aromatic N) is 1. The molecule has 0 amide bonds. The second-order valence-electron chi connectivity index (χ2n) is 4.10. The molecule has 0 aliphatic carbocycles. The maximum Gasteiger partial charge on any atom is 0.0702 e. The van der Waals surface area contributed by atoms with Crippen molar-refractivity contribution in [3.8, 4) is 11.3 Å². The first kappa shape index (κ1) is 8.51. The van der Waals surface area contributed by atoms with E-state index < -0.39 is 6.37 Å². The molecule has 1 heterocycles. The van der Waals surface area contributed by atoms with Gasteiger partial charge in [0.2, 0.25) is 0 Å². The molecule has 82 valence electrons. The number of aromatic nitrogens is 1. The molecular formula is C15H17N. The highest BCUT2D eigenvalue weighted by Gasteiger charge is 2.00. The highest BCUT2D eigenvalue weighted by molar-refractivity contribution is 5.58. The first-order valence-corrected chi connectivity index (χ1v) is 5.54. The van der Waals surface area contributed by atoms with E-state index in [1.807, 2.05) is 56.3 Å². The van der Waals surface area contributed by atoms with Crippen molar-refractivity contribution in [3.63, 3.8) is 0 Å². The molecule has 0 aliphatic rings. The number of rotatable bonds is 3. The highest BCUT2D eigenvalue weighted by atomic mass is 14.7. The van der Waals surface area contributed by atoms with E-state index in [9.17, 15) is 0 Å². The van der Waals surface area contributed by atoms with Crippen LogP contribution >= 0.6 is 0 Å². The normalized spacial score (nSPS) is 13.4. The molecule has 0 fully saturated rings. The van der Waals surface area contributed by atoms with Crippen molar-refractivity contribution in [1.29, 1.82) is 0 Å². The third kappa shape index (κ3) is 2.69. The Balaban J connectivity index is 2.32. The topological polar surface area (TPSA) is 12.9 Å². The van der Waals surface area contributed by atoms with Crippen LogP contribution in [0.15, 0.2) is 48.7 Å². The van der Waals surface area contributed by atoms with E-state index in [1.165, 1.54) is 0 Å². The van der Waals surface area contributed by atoms with Crippen LogP contribution in [0.25, 0.3) is 11.3 Å². The smallest absolute Gasteiger partial charge is 0.0702 e. The molecule has 0 saturated heterocycles. The fraction of sp³-hybridized carbons (Fsp3) is 0.267. The lowest BCUT2D eigenvalue weighted by Crippen LogP contribution is -1.95. The Kier molecular flexibility index (Phi) is 2.62. The van der Waals surface area contributed by atoms with Gasteiger partial charge in [-0.2, -0.15) is 0 Å². The molecule has 1 nitrogen and oxygen atoms in total. The Hall–Kier alpha value is -1.63. The minimum absolute atomic E-state index is 0.0677. The molecule has 0 bridgehead atoms. The molecule has 1 heteroatoms. The van der Waals surface area contributed by atoms with Crippen molar-refractivity contribution in [2.75, 3.05) is 0 Å². The minimum atomic E-state index is -1.33. The van der Waals surface area contributed by atoms with Crippen LogP contribution in [0.4, 0.5) is 0 Å². The quantitative estimate of drug-likeness (QED) is 0.752. The maximum atomic E-state index is 8.02. The second kappa shape index (κ2) is 4.93. The number of pyridine rings is 1. The second-order valence-corrected chi connectivity index (χ2v) is 4.10. The van der Waals surface area contributed by atoms with E-state index in [-0.39, 0.29) is 5.92 Å². The van der Waals surface area contributed by atoms with E-state index in [2.05, 4.69) is 4.98 Å². The largest absolute Gasteiger partial charge is 0.256 e. The standard InChI is InChI=1S/C15H17N/c1-12(2)10-13-8-9-15(16-11-13)14-6-4-3-5-7-14/h3-9,11-12H,10H2,1-2H3/i10D2. The van der Waals surface area contributed by atoms with Gasteiger partial charge in [0, 0.05) is 14.5 Å². The zero-order valence-electron chi connectivity index (χ0n) is 11.6. The monoisotopic (exact) mass is 213 g/mol. The molecule has 0 aliphatic heterocycles. The summed E-state index contributed by atoms with van der Waals surface area (Å²) in [6, 6.07) is 13.6. The number of benzene rings is 1. The fourth-order valence-corrected chi connectivity index (χ4v) is 1.59. The van der Waals surface area contributed by atoms with Gasteiger partial charge in [0.25, 0.3) is 0 Å². The van der Waals surface area contributed by atoms with E-state index in [4.69, 9.17) is 2.74 Å². The van der Waals surface area contributed by atoms with Gasteiger partial charge in [-0.1, -0.05) is 50.2 Å². The molecule has 0 radical (unpaired) electrons. The average Bonchev–Trinajstić information content (AvgIpc) is 2.40. The molecule has 1 aromatic heterocycles. The van der Waals surface area contributed by atoms with Gasteiger partial charge in [0.1, 0.15) is 0 Å². The summed E-state index contributed by atoms with van der Waals surface area (Å²) in [6.45, 7) is 3.76. The summed E-state index contributed by atoms with van der Waals surface area (Å²) in [7, 11) is 0. The lowest BCUT2D eigenvalue weighted by molar-refractivity contribution is 0.646. The zero-order valence-corrected chi connectivity index (χ0v) is 9.64. The molecule has 0 unspecified atom stereocenters. The molecule has 2 rings (SSSR count). The third-order valence-corrected chi connectivity index (χ3v) is 2.29. The zero-order chi connectivity index (χ0) is 13.2. The van der Waals surface area contributed by atoms with Crippen LogP contribution in [0, 0.1) is 5.92 Å². The summed E-state index contributed by atoms with van der Waals surface area (Å²) >= 11 is 0. The van der Waals surface area contributed by atoms with Gasteiger partial charge in [0.05, 0.1) is 5.69 Å². The molecule has 1 aromatic carbocycles. The lowest BCUT2D eigenvalue weighted by Gasteiger charge is -2.05. The minimum Gasteiger partial charge on any atom is -0.256 e. The van der Waals surface area contributed by atoms with Crippen LogP contribution in [0.1, 0.15) is 22.2 Å². The van der Waals surface area contributed by atoms with Crippen molar-refractivity contribution in [3.05, 3.63) is 54.2 Å². The fourth-order valence-electron chi connectivity index (χ4n) is 1.59. The van der Waals surface area contributed by atoms with Gasteiger partial charge in [-0.25, -0.2) is 0 Å².